The average Bonchev–Trinajstić information content (AvgIpc) is 2.93. The van der Waals surface area contributed by atoms with E-state index >= 15 is 0 Å². The molecule has 0 atom stereocenters. The number of nitrogens with zero attached hydrogens (tertiary/aromatic N) is 2. The van der Waals surface area contributed by atoms with E-state index in [1.807, 2.05) is 4.40 Å². The fraction of sp³-hybridized carbons (Fsp3) is 0.0833. The molecule has 17 heavy (non-hydrogen) atoms. The van der Waals surface area contributed by atoms with Crippen molar-refractivity contribution < 1.29 is 0 Å². The number of aromatic nitrogens is 2. The van der Waals surface area contributed by atoms with Crippen molar-refractivity contribution in [2.45, 2.75) is 4.90 Å². The molecule has 0 radical (unpaired) electrons. The minimum atomic E-state index is 0.546. The number of benzene rings is 1. The van der Waals surface area contributed by atoms with Crippen LogP contribution >= 0.6 is 23.1 Å². The zero-order valence-electron chi connectivity index (χ0n) is 9.25. The Bertz CT molecular complexity index is 652. The van der Waals surface area contributed by atoms with Gasteiger partial charge in [-0.15, -0.1) is 23.1 Å². The van der Waals surface area contributed by atoms with E-state index in [2.05, 4.69) is 40.9 Å². The highest BCUT2D eigenvalue weighted by Crippen LogP contribution is 2.29. The van der Waals surface area contributed by atoms with Crippen LogP contribution in [0.5, 0.6) is 0 Å². The van der Waals surface area contributed by atoms with Gasteiger partial charge in [0.05, 0.1) is 11.9 Å². The smallest absolute Gasteiger partial charge is 0.206 e. The summed E-state index contributed by atoms with van der Waals surface area (Å²) in [4.78, 5) is 6.46. The van der Waals surface area contributed by atoms with Gasteiger partial charge in [0.2, 0.25) is 5.95 Å². The van der Waals surface area contributed by atoms with E-state index in [9.17, 15) is 0 Å². The van der Waals surface area contributed by atoms with Crippen LogP contribution in [0.25, 0.3) is 16.1 Å². The molecule has 0 aliphatic heterocycles. The second-order valence-corrected chi connectivity index (χ2v) is 5.41. The summed E-state index contributed by atoms with van der Waals surface area (Å²) in [7, 11) is 0. The zero-order chi connectivity index (χ0) is 11.8. The zero-order valence-corrected chi connectivity index (χ0v) is 10.9. The maximum atomic E-state index is 5.87. The molecular weight excluding hydrogens is 250 g/mol. The molecule has 3 nitrogen and oxygen atoms in total. The van der Waals surface area contributed by atoms with Gasteiger partial charge in [0, 0.05) is 10.3 Å². The highest BCUT2D eigenvalue weighted by atomic mass is 32.2. The Morgan fingerprint density at radius 1 is 1.29 bits per heavy atom. The van der Waals surface area contributed by atoms with Crippen molar-refractivity contribution in [3.63, 3.8) is 0 Å². The first-order valence-corrected chi connectivity index (χ1v) is 7.25. The highest BCUT2D eigenvalue weighted by Gasteiger charge is 2.09. The van der Waals surface area contributed by atoms with Crippen LogP contribution in [0.15, 0.2) is 40.7 Å². The second-order valence-electron chi connectivity index (χ2n) is 3.64. The number of nitrogens with two attached hydrogens (primary N) is 1. The fourth-order valence-electron chi connectivity index (χ4n) is 1.80. The van der Waals surface area contributed by atoms with Crippen LogP contribution in [-0.2, 0) is 0 Å². The Hall–Kier alpha value is -1.46. The summed E-state index contributed by atoms with van der Waals surface area (Å²) in [5.74, 6) is 0.546. The molecule has 0 aliphatic carbocycles. The Balaban J connectivity index is 2.16. The summed E-state index contributed by atoms with van der Waals surface area (Å²) in [5.41, 5.74) is 8.14. The maximum absolute atomic E-state index is 5.87. The number of hydrogen-bond acceptors (Lipinski definition) is 4. The Labute approximate surface area is 107 Å². The number of nitrogen functional groups attached to an aromatic ring is 1. The van der Waals surface area contributed by atoms with Crippen LogP contribution in [0, 0.1) is 0 Å². The van der Waals surface area contributed by atoms with Crippen molar-refractivity contribution in [2.75, 3.05) is 12.0 Å². The van der Waals surface area contributed by atoms with Gasteiger partial charge in [0.25, 0.3) is 0 Å². The molecule has 0 aliphatic rings. The van der Waals surface area contributed by atoms with E-state index in [1.54, 1.807) is 29.3 Å². The molecule has 2 aromatic heterocycles. The van der Waals surface area contributed by atoms with E-state index in [-0.39, 0.29) is 0 Å². The van der Waals surface area contributed by atoms with Gasteiger partial charge in [0.15, 0.2) is 0 Å². The van der Waals surface area contributed by atoms with E-state index in [0.29, 0.717) is 5.95 Å². The van der Waals surface area contributed by atoms with Crippen molar-refractivity contribution >= 4 is 33.9 Å². The fourth-order valence-corrected chi connectivity index (χ4v) is 3.10. The first-order chi connectivity index (χ1) is 8.29. The normalized spacial score (nSPS) is 11.1. The number of imidazole rings is 1. The molecular formula is C12H11N3S2. The lowest BCUT2D eigenvalue weighted by Gasteiger charge is -2.02. The molecule has 86 valence electrons. The third kappa shape index (κ3) is 1.71. The molecule has 2 N–H and O–H groups in total. The molecule has 0 fully saturated rings. The first kappa shape index (κ1) is 10.7. The molecule has 0 saturated carbocycles. The lowest BCUT2D eigenvalue weighted by Crippen LogP contribution is -1.94. The van der Waals surface area contributed by atoms with Gasteiger partial charge in [-0.2, -0.15) is 0 Å². The second kappa shape index (κ2) is 4.09. The Morgan fingerprint density at radius 2 is 2.06 bits per heavy atom. The molecule has 2 heterocycles. The minimum Gasteiger partial charge on any atom is -0.369 e. The van der Waals surface area contributed by atoms with Gasteiger partial charge in [0.1, 0.15) is 4.83 Å². The van der Waals surface area contributed by atoms with E-state index in [4.69, 9.17) is 5.73 Å². The molecule has 0 amide bonds. The first-order valence-electron chi connectivity index (χ1n) is 5.14. The predicted octanol–water partition coefficient (Wildman–Crippen LogP) is 3.37. The summed E-state index contributed by atoms with van der Waals surface area (Å²) in [5, 5.41) is 2.11. The standard InChI is InChI=1S/C12H11N3S2/c1-16-9-4-2-8(3-5-9)10-7-17-11-6-14-12(13)15(10)11/h2-7H,1H3,(H2,13,14). The minimum absolute atomic E-state index is 0.546. The Morgan fingerprint density at radius 3 is 2.76 bits per heavy atom. The number of hydrogen-bond donors (Lipinski definition) is 1. The van der Waals surface area contributed by atoms with Crippen molar-refractivity contribution in [1.29, 1.82) is 0 Å². The lowest BCUT2D eigenvalue weighted by molar-refractivity contribution is 1.20. The maximum Gasteiger partial charge on any atom is 0.206 e. The third-order valence-electron chi connectivity index (χ3n) is 2.67. The van der Waals surface area contributed by atoms with Gasteiger partial charge < -0.3 is 5.73 Å². The summed E-state index contributed by atoms with van der Waals surface area (Å²) in [6.07, 6.45) is 3.88. The summed E-state index contributed by atoms with van der Waals surface area (Å²) in [6, 6.07) is 8.48. The summed E-state index contributed by atoms with van der Waals surface area (Å²) in [6.45, 7) is 0. The van der Waals surface area contributed by atoms with Crippen molar-refractivity contribution in [3.8, 4) is 11.3 Å². The molecule has 5 heteroatoms. The highest BCUT2D eigenvalue weighted by molar-refractivity contribution is 7.98. The van der Waals surface area contributed by atoms with Crippen molar-refractivity contribution in [1.82, 2.24) is 9.38 Å². The van der Waals surface area contributed by atoms with Crippen LogP contribution in [-0.4, -0.2) is 15.6 Å². The van der Waals surface area contributed by atoms with Gasteiger partial charge in [-0.05, 0) is 24.0 Å². The SMILES string of the molecule is CSc1ccc(-c2csc3cnc(N)n23)cc1. The summed E-state index contributed by atoms with van der Waals surface area (Å²) >= 11 is 3.40. The molecule has 0 unspecified atom stereocenters. The number of fused-ring (bicyclic) bond motifs is 1. The monoisotopic (exact) mass is 261 g/mol. The average molecular weight is 261 g/mol. The van der Waals surface area contributed by atoms with Crippen molar-refractivity contribution in [2.24, 2.45) is 0 Å². The van der Waals surface area contributed by atoms with Gasteiger partial charge >= 0.3 is 0 Å². The predicted molar refractivity (Wildman–Crippen MR) is 74.7 cm³/mol. The van der Waals surface area contributed by atoms with Crippen LogP contribution in [0.2, 0.25) is 0 Å². The molecule has 3 aromatic rings. The quantitative estimate of drug-likeness (QED) is 0.719. The van der Waals surface area contributed by atoms with Crippen LogP contribution in [0.4, 0.5) is 5.95 Å². The molecule has 1 aromatic carbocycles. The number of thiazole rings is 1. The van der Waals surface area contributed by atoms with Crippen LogP contribution in [0.3, 0.4) is 0 Å². The van der Waals surface area contributed by atoms with E-state index in [0.717, 1.165) is 10.5 Å². The largest absolute Gasteiger partial charge is 0.369 e. The van der Waals surface area contributed by atoms with Gasteiger partial charge in [-0.1, -0.05) is 12.1 Å². The van der Waals surface area contributed by atoms with Gasteiger partial charge in [-0.3, -0.25) is 4.40 Å². The number of thioether (sulfide) groups is 1. The topological polar surface area (TPSA) is 43.3 Å². The third-order valence-corrected chi connectivity index (χ3v) is 4.29. The van der Waals surface area contributed by atoms with E-state index < -0.39 is 0 Å². The molecule has 0 saturated heterocycles. The van der Waals surface area contributed by atoms with E-state index in [1.165, 1.54) is 10.5 Å². The van der Waals surface area contributed by atoms with Crippen molar-refractivity contribution in [3.05, 3.63) is 35.8 Å². The number of rotatable bonds is 2. The Kier molecular flexibility index (Phi) is 2.57. The molecule has 0 spiro atoms. The number of anilines is 1. The van der Waals surface area contributed by atoms with Crippen LogP contribution in [0.1, 0.15) is 0 Å². The molecule has 3 rings (SSSR count). The van der Waals surface area contributed by atoms with Crippen LogP contribution < -0.4 is 5.73 Å². The molecule has 0 bridgehead atoms. The lowest BCUT2D eigenvalue weighted by atomic mass is 10.2. The van der Waals surface area contributed by atoms with Gasteiger partial charge in [-0.25, -0.2) is 4.98 Å². The summed E-state index contributed by atoms with van der Waals surface area (Å²) < 4.78 is 1.98.